The van der Waals surface area contributed by atoms with Crippen molar-refractivity contribution in [2.24, 2.45) is 4.99 Å². The Labute approximate surface area is 193 Å². The number of aliphatic hydroxyl groups is 1. The van der Waals surface area contributed by atoms with Gasteiger partial charge in [0.2, 0.25) is 5.91 Å². The van der Waals surface area contributed by atoms with Crippen LogP contribution in [0.4, 0.5) is 0 Å². The number of nitrogens with zero attached hydrogens (tertiary/aromatic N) is 1. The molecule has 1 aromatic heterocycles. The van der Waals surface area contributed by atoms with Crippen LogP contribution in [-0.2, 0) is 14.3 Å². The van der Waals surface area contributed by atoms with Crippen LogP contribution in [0.5, 0.6) is 0 Å². The van der Waals surface area contributed by atoms with E-state index < -0.39 is 5.97 Å². The molecule has 0 aliphatic carbocycles. The predicted octanol–water partition coefficient (Wildman–Crippen LogP) is 6.44. The lowest BCUT2D eigenvalue weighted by molar-refractivity contribution is -0.138. The Morgan fingerprint density at radius 3 is 2.68 bits per heavy atom. The zero-order valence-electron chi connectivity index (χ0n) is 16.8. The number of amides is 1. The molecule has 1 aliphatic heterocycles. The highest BCUT2D eigenvalue weighted by Gasteiger charge is 2.34. The third kappa shape index (κ3) is 5.42. The fraction of sp³-hybridized carbons (Fsp3) is 0.227. The number of benzene rings is 1. The summed E-state index contributed by atoms with van der Waals surface area (Å²) >= 11 is 13.2. The summed E-state index contributed by atoms with van der Waals surface area (Å²) in [5.41, 5.74) is 0.532. The minimum atomic E-state index is -0.743. The van der Waals surface area contributed by atoms with Crippen molar-refractivity contribution in [1.82, 2.24) is 0 Å². The van der Waals surface area contributed by atoms with Crippen molar-refractivity contribution in [2.75, 3.05) is 6.61 Å². The summed E-state index contributed by atoms with van der Waals surface area (Å²) in [5, 5.41) is 11.7. The van der Waals surface area contributed by atoms with Gasteiger partial charge in [0, 0.05) is 17.0 Å². The fourth-order valence-corrected chi connectivity index (χ4v) is 4.28. The highest BCUT2D eigenvalue weighted by atomic mass is 35.5. The van der Waals surface area contributed by atoms with Crippen LogP contribution in [0.25, 0.3) is 17.4 Å². The number of esters is 1. The number of ether oxygens (including phenoxy) is 1. The summed E-state index contributed by atoms with van der Waals surface area (Å²) in [6.45, 7) is 3.63. The highest BCUT2D eigenvalue weighted by molar-refractivity contribution is 8.18. The molecular formula is C22H19Cl2NO5S. The van der Waals surface area contributed by atoms with Gasteiger partial charge in [0.1, 0.15) is 27.9 Å². The fourth-order valence-electron chi connectivity index (χ4n) is 2.77. The SMILES string of the molecule is CCCC(=O)N=C1S/C(=C\c2ccc(-c3ccc(Cl)cc3Cl)o2)C(O)=C1C(=O)OCC. The lowest BCUT2D eigenvalue weighted by Crippen LogP contribution is -2.14. The van der Waals surface area contributed by atoms with E-state index in [-0.39, 0.29) is 35.3 Å². The number of aliphatic imine (C=N–C) groups is 1. The average Bonchev–Trinajstić information content (AvgIpc) is 3.27. The smallest absolute Gasteiger partial charge is 0.344 e. The lowest BCUT2D eigenvalue weighted by Gasteiger charge is -2.03. The van der Waals surface area contributed by atoms with Gasteiger partial charge in [0.15, 0.2) is 0 Å². The molecule has 0 spiro atoms. The van der Waals surface area contributed by atoms with Gasteiger partial charge in [-0.1, -0.05) is 41.9 Å². The van der Waals surface area contributed by atoms with Crippen LogP contribution >= 0.6 is 35.0 Å². The van der Waals surface area contributed by atoms with E-state index in [2.05, 4.69) is 4.99 Å². The van der Waals surface area contributed by atoms with E-state index in [0.29, 0.717) is 38.5 Å². The second kappa shape index (κ2) is 10.2. The Hall–Kier alpha value is -2.48. The predicted molar refractivity (Wildman–Crippen MR) is 123 cm³/mol. The summed E-state index contributed by atoms with van der Waals surface area (Å²) < 4.78 is 10.8. The molecule has 1 N–H and O–H groups in total. The maximum atomic E-state index is 12.3. The molecule has 0 fully saturated rings. The van der Waals surface area contributed by atoms with E-state index in [1.807, 2.05) is 6.92 Å². The first kappa shape index (κ1) is 23.2. The third-order valence-corrected chi connectivity index (χ3v) is 5.72. The van der Waals surface area contributed by atoms with E-state index >= 15 is 0 Å². The van der Waals surface area contributed by atoms with Crippen LogP contribution in [-0.4, -0.2) is 28.6 Å². The topological polar surface area (TPSA) is 89.1 Å². The van der Waals surface area contributed by atoms with Crippen molar-refractivity contribution >= 4 is 58.0 Å². The molecule has 9 heteroatoms. The van der Waals surface area contributed by atoms with E-state index in [4.69, 9.17) is 32.4 Å². The van der Waals surface area contributed by atoms with Crippen molar-refractivity contribution in [3.8, 4) is 11.3 Å². The molecule has 162 valence electrons. The molecule has 0 unspecified atom stereocenters. The number of hydrogen-bond donors (Lipinski definition) is 1. The highest BCUT2D eigenvalue weighted by Crippen LogP contribution is 2.40. The molecule has 1 aliphatic rings. The number of hydrogen-bond acceptors (Lipinski definition) is 6. The molecule has 0 atom stereocenters. The Morgan fingerprint density at radius 1 is 1.23 bits per heavy atom. The number of carbonyl (C=O) groups is 2. The Kier molecular flexibility index (Phi) is 7.64. The molecule has 0 saturated carbocycles. The number of halogens is 2. The molecule has 6 nitrogen and oxygen atoms in total. The van der Waals surface area contributed by atoms with Crippen LogP contribution in [0.1, 0.15) is 32.4 Å². The Balaban J connectivity index is 1.96. The maximum absolute atomic E-state index is 12.3. The second-order valence-electron chi connectivity index (χ2n) is 6.44. The van der Waals surface area contributed by atoms with Crippen molar-refractivity contribution in [3.63, 3.8) is 0 Å². The molecule has 2 heterocycles. The van der Waals surface area contributed by atoms with Gasteiger partial charge in [0.25, 0.3) is 0 Å². The summed E-state index contributed by atoms with van der Waals surface area (Å²) in [5.74, 6) is -0.503. The molecule has 0 radical (unpaired) electrons. The largest absolute Gasteiger partial charge is 0.506 e. The molecule has 31 heavy (non-hydrogen) atoms. The summed E-state index contributed by atoms with van der Waals surface area (Å²) in [7, 11) is 0. The minimum Gasteiger partial charge on any atom is -0.506 e. The van der Waals surface area contributed by atoms with Gasteiger partial charge >= 0.3 is 5.97 Å². The molecule has 1 amide bonds. The molecule has 1 aromatic carbocycles. The van der Waals surface area contributed by atoms with Crippen LogP contribution in [0.2, 0.25) is 10.0 Å². The molecule has 3 rings (SSSR count). The van der Waals surface area contributed by atoms with Crippen molar-refractivity contribution in [3.05, 3.63) is 62.4 Å². The van der Waals surface area contributed by atoms with Crippen molar-refractivity contribution in [2.45, 2.75) is 26.7 Å². The summed E-state index contributed by atoms with van der Waals surface area (Å²) in [6.07, 6.45) is 2.42. The molecule has 0 saturated heterocycles. The first-order chi connectivity index (χ1) is 14.8. The van der Waals surface area contributed by atoms with Gasteiger partial charge in [-0.25, -0.2) is 9.79 Å². The molecule has 0 bridgehead atoms. The third-order valence-electron chi connectivity index (χ3n) is 4.16. The van der Waals surface area contributed by atoms with Gasteiger partial charge in [-0.05, 0) is 49.8 Å². The second-order valence-corrected chi connectivity index (χ2v) is 8.32. The van der Waals surface area contributed by atoms with Crippen LogP contribution in [0.3, 0.4) is 0 Å². The number of carbonyl (C=O) groups excluding carboxylic acids is 2. The van der Waals surface area contributed by atoms with Crippen molar-refractivity contribution in [1.29, 1.82) is 0 Å². The average molecular weight is 480 g/mol. The normalized spacial score (nSPS) is 16.4. The van der Waals surface area contributed by atoms with E-state index in [1.54, 1.807) is 43.3 Å². The van der Waals surface area contributed by atoms with Crippen LogP contribution in [0, 0.1) is 0 Å². The number of thioether (sulfide) groups is 1. The van der Waals surface area contributed by atoms with Gasteiger partial charge in [0.05, 0.1) is 16.5 Å². The van der Waals surface area contributed by atoms with Crippen LogP contribution < -0.4 is 0 Å². The quantitative estimate of drug-likeness (QED) is 0.479. The van der Waals surface area contributed by atoms with E-state index in [9.17, 15) is 14.7 Å². The Morgan fingerprint density at radius 2 is 2.00 bits per heavy atom. The number of rotatable bonds is 6. The first-order valence-electron chi connectivity index (χ1n) is 9.51. The lowest BCUT2D eigenvalue weighted by atomic mass is 10.2. The summed E-state index contributed by atoms with van der Waals surface area (Å²) in [4.78, 5) is 28.6. The van der Waals surface area contributed by atoms with Gasteiger partial charge in [-0.15, -0.1) is 0 Å². The van der Waals surface area contributed by atoms with E-state index in [1.165, 1.54) is 0 Å². The van der Waals surface area contributed by atoms with Crippen molar-refractivity contribution < 1.29 is 23.8 Å². The van der Waals surface area contributed by atoms with Crippen LogP contribution in [0.15, 0.2) is 56.0 Å². The molecule has 2 aromatic rings. The maximum Gasteiger partial charge on any atom is 0.344 e. The standard InChI is InChI=1S/C22H19Cl2NO5S/c1-3-5-18(26)25-21-19(22(28)29-4-2)20(27)17(31-21)11-13-7-9-16(30-13)14-8-6-12(23)10-15(14)24/h6-11,27H,3-5H2,1-2H3/b17-11-,25-21?. The Bertz CT molecular complexity index is 1120. The molecular weight excluding hydrogens is 461 g/mol. The summed E-state index contributed by atoms with van der Waals surface area (Å²) in [6, 6.07) is 8.48. The number of aliphatic hydroxyl groups excluding tert-OH is 1. The van der Waals surface area contributed by atoms with E-state index in [0.717, 1.165) is 11.8 Å². The monoisotopic (exact) mass is 479 g/mol. The number of furan rings is 1. The first-order valence-corrected chi connectivity index (χ1v) is 11.1. The van der Waals surface area contributed by atoms with Gasteiger partial charge < -0.3 is 14.3 Å². The zero-order valence-corrected chi connectivity index (χ0v) is 19.1. The zero-order chi connectivity index (χ0) is 22.5. The minimum absolute atomic E-state index is 0.105. The van der Waals surface area contributed by atoms with Gasteiger partial charge in [-0.3, -0.25) is 4.79 Å². The van der Waals surface area contributed by atoms with Gasteiger partial charge in [-0.2, -0.15) is 0 Å².